The Morgan fingerprint density at radius 3 is 2.50 bits per heavy atom. The first-order chi connectivity index (χ1) is 6.72. The van der Waals surface area contributed by atoms with Gasteiger partial charge in [0.2, 0.25) is 0 Å². The molecule has 1 unspecified atom stereocenters. The molecule has 1 N–H and O–H groups in total. The first kappa shape index (κ1) is 12.0. The Morgan fingerprint density at radius 1 is 1.29 bits per heavy atom. The molecule has 0 saturated heterocycles. The van der Waals surface area contributed by atoms with Gasteiger partial charge in [-0.2, -0.15) is 0 Å². The summed E-state index contributed by atoms with van der Waals surface area (Å²) in [5, 5.41) is 3.68. The monoisotopic (exact) mass is 197 g/mol. The van der Waals surface area contributed by atoms with Crippen molar-refractivity contribution in [1.82, 2.24) is 5.32 Å². The molecule has 0 aromatic heterocycles. The van der Waals surface area contributed by atoms with Crippen LogP contribution in [0.2, 0.25) is 0 Å². The van der Waals surface area contributed by atoms with Crippen LogP contribution in [0.3, 0.4) is 0 Å². The number of rotatable bonds is 8. The lowest BCUT2D eigenvalue weighted by Crippen LogP contribution is -2.31. The van der Waals surface area contributed by atoms with Gasteiger partial charge >= 0.3 is 0 Å². The normalized spacial score (nSPS) is 18.9. The zero-order valence-corrected chi connectivity index (χ0v) is 10.2. The molecule has 0 amide bonds. The molecule has 14 heavy (non-hydrogen) atoms. The summed E-state index contributed by atoms with van der Waals surface area (Å²) >= 11 is 0. The summed E-state index contributed by atoms with van der Waals surface area (Å²) in [4.78, 5) is 0. The maximum atomic E-state index is 3.68. The van der Waals surface area contributed by atoms with E-state index < -0.39 is 0 Å². The van der Waals surface area contributed by atoms with Crippen LogP contribution < -0.4 is 5.32 Å². The Labute approximate surface area is 89.7 Å². The van der Waals surface area contributed by atoms with E-state index in [9.17, 15) is 0 Å². The Balaban J connectivity index is 2.12. The van der Waals surface area contributed by atoms with Gasteiger partial charge in [0.15, 0.2) is 0 Å². The van der Waals surface area contributed by atoms with Crippen LogP contribution in [0.25, 0.3) is 0 Å². The zero-order chi connectivity index (χ0) is 10.4. The zero-order valence-electron chi connectivity index (χ0n) is 10.2. The van der Waals surface area contributed by atoms with E-state index in [1.54, 1.807) is 0 Å². The van der Waals surface area contributed by atoms with Crippen LogP contribution in [0.15, 0.2) is 0 Å². The topological polar surface area (TPSA) is 12.0 Å². The first-order valence-electron chi connectivity index (χ1n) is 6.45. The van der Waals surface area contributed by atoms with Crippen molar-refractivity contribution in [2.45, 2.75) is 65.3 Å². The van der Waals surface area contributed by atoms with Crippen LogP contribution in [0, 0.1) is 11.8 Å². The lowest BCUT2D eigenvalue weighted by molar-refractivity contribution is 0.384. The van der Waals surface area contributed by atoms with Gasteiger partial charge < -0.3 is 5.32 Å². The fourth-order valence-corrected chi connectivity index (χ4v) is 2.06. The van der Waals surface area contributed by atoms with Gasteiger partial charge in [-0.05, 0) is 44.1 Å². The second-order valence-corrected chi connectivity index (χ2v) is 5.30. The predicted octanol–water partition coefficient (Wildman–Crippen LogP) is 3.59. The van der Waals surface area contributed by atoms with E-state index in [0.717, 1.165) is 17.9 Å². The molecule has 1 rings (SSSR count). The first-order valence-corrected chi connectivity index (χ1v) is 6.45. The smallest absolute Gasteiger partial charge is 0.00695 e. The molecule has 84 valence electrons. The summed E-state index contributed by atoms with van der Waals surface area (Å²) < 4.78 is 0. The Bertz CT molecular complexity index is 138. The highest BCUT2D eigenvalue weighted by atomic mass is 14.9. The highest BCUT2D eigenvalue weighted by Crippen LogP contribution is 2.34. The van der Waals surface area contributed by atoms with Crippen molar-refractivity contribution in [2.75, 3.05) is 6.54 Å². The highest BCUT2D eigenvalue weighted by Gasteiger charge is 2.22. The molecule has 1 nitrogen and oxygen atoms in total. The third-order valence-corrected chi connectivity index (χ3v) is 3.06. The molecular weight excluding hydrogens is 170 g/mol. The van der Waals surface area contributed by atoms with Gasteiger partial charge in [0.05, 0.1) is 0 Å². The summed E-state index contributed by atoms with van der Waals surface area (Å²) in [7, 11) is 0. The average Bonchev–Trinajstić information content (AvgIpc) is 2.92. The van der Waals surface area contributed by atoms with E-state index in [2.05, 4.69) is 26.1 Å². The van der Waals surface area contributed by atoms with Crippen molar-refractivity contribution >= 4 is 0 Å². The Morgan fingerprint density at radius 2 is 2.00 bits per heavy atom. The van der Waals surface area contributed by atoms with Crippen molar-refractivity contribution in [3.63, 3.8) is 0 Å². The van der Waals surface area contributed by atoms with Crippen molar-refractivity contribution in [3.05, 3.63) is 0 Å². The average molecular weight is 197 g/mol. The van der Waals surface area contributed by atoms with E-state index in [-0.39, 0.29) is 0 Å². The fourth-order valence-electron chi connectivity index (χ4n) is 2.06. The highest BCUT2D eigenvalue weighted by molar-refractivity contribution is 4.77. The summed E-state index contributed by atoms with van der Waals surface area (Å²) in [6.07, 6.45) is 8.49. The van der Waals surface area contributed by atoms with E-state index in [1.165, 1.54) is 45.1 Å². The maximum absolute atomic E-state index is 3.68. The van der Waals surface area contributed by atoms with Crippen LogP contribution in [0.5, 0.6) is 0 Å². The van der Waals surface area contributed by atoms with Crippen molar-refractivity contribution < 1.29 is 0 Å². The van der Waals surface area contributed by atoms with Gasteiger partial charge in [0, 0.05) is 6.04 Å². The van der Waals surface area contributed by atoms with Gasteiger partial charge in [0.1, 0.15) is 0 Å². The summed E-state index contributed by atoms with van der Waals surface area (Å²) in [6.45, 7) is 8.11. The van der Waals surface area contributed by atoms with Gasteiger partial charge in [-0.25, -0.2) is 0 Å². The van der Waals surface area contributed by atoms with Crippen LogP contribution in [0.1, 0.15) is 59.3 Å². The number of nitrogens with one attached hydrogen (secondary N) is 1. The standard InChI is InChI=1S/C13H27N/c1-4-9-14-13(10-11(2)3)8-7-12-5-6-12/h11-14H,4-10H2,1-3H3. The van der Waals surface area contributed by atoms with Crippen LogP contribution in [-0.4, -0.2) is 12.6 Å². The minimum atomic E-state index is 0.788. The van der Waals surface area contributed by atoms with Gasteiger partial charge in [-0.1, -0.05) is 33.6 Å². The van der Waals surface area contributed by atoms with Crippen LogP contribution in [0.4, 0.5) is 0 Å². The molecule has 1 heteroatoms. The predicted molar refractivity (Wildman–Crippen MR) is 63.5 cm³/mol. The van der Waals surface area contributed by atoms with E-state index in [1.807, 2.05) is 0 Å². The Kier molecular flexibility index (Phi) is 5.54. The Hall–Kier alpha value is -0.0400. The lowest BCUT2D eigenvalue weighted by Gasteiger charge is -2.20. The van der Waals surface area contributed by atoms with Crippen molar-refractivity contribution in [1.29, 1.82) is 0 Å². The third kappa shape index (κ3) is 5.64. The van der Waals surface area contributed by atoms with E-state index >= 15 is 0 Å². The second-order valence-electron chi connectivity index (χ2n) is 5.30. The summed E-state index contributed by atoms with van der Waals surface area (Å²) in [6, 6.07) is 0.788. The van der Waals surface area contributed by atoms with E-state index in [0.29, 0.717) is 0 Å². The molecule has 0 bridgehead atoms. The molecule has 0 aromatic rings. The molecule has 1 saturated carbocycles. The molecule has 1 fully saturated rings. The third-order valence-electron chi connectivity index (χ3n) is 3.06. The maximum Gasteiger partial charge on any atom is 0.00695 e. The van der Waals surface area contributed by atoms with Gasteiger partial charge in [-0.15, -0.1) is 0 Å². The van der Waals surface area contributed by atoms with Crippen LogP contribution in [-0.2, 0) is 0 Å². The molecule has 1 atom stereocenters. The van der Waals surface area contributed by atoms with Crippen molar-refractivity contribution in [3.8, 4) is 0 Å². The molecule has 0 heterocycles. The van der Waals surface area contributed by atoms with Gasteiger partial charge in [-0.3, -0.25) is 0 Å². The molecule has 0 spiro atoms. The number of hydrogen-bond acceptors (Lipinski definition) is 1. The molecule has 0 aromatic carbocycles. The fraction of sp³-hybridized carbons (Fsp3) is 1.00. The molecule has 0 aliphatic heterocycles. The van der Waals surface area contributed by atoms with E-state index in [4.69, 9.17) is 0 Å². The van der Waals surface area contributed by atoms with Crippen molar-refractivity contribution in [2.24, 2.45) is 11.8 Å². The molecule has 1 aliphatic carbocycles. The van der Waals surface area contributed by atoms with Crippen LogP contribution >= 0.6 is 0 Å². The number of hydrogen-bond donors (Lipinski definition) is 1. The summed E-state index contributed by atoms with van der Waals surface area (Å²) in [5.41, 5.74) is 0. The second kappa shape index (κ2) is 6.44. The SMILES string of the molecule is CCCNC(CCC1CC1)CC(C)C. The minimum absolute atomic E-state index is 0.788. The lowest BCUT2D eigenvalue weighted by atomic mass is 9.98. The summed E-state index contributed by atoms with van der Waals surface area (Å²) in [5.74, 6) is 1.93. The van der Waals surface area contributed by atoms with Gasteiger partial charge in [0.25, 0.3) is 0 Å². The minimum Gasteiger partial charge on any atom is -0.314 e. The molecular formula is C13H27N. The molecule has 0 radical (unpaired) electrons. The largest absolute Gasteiger partial charge is 0.314 e. The quantitative estimate of drug-likeness (QED) is 0.627. The molecule has 1 aliphatic rings.